The van der Waals surface area contributed by atoms with Crippen molar-refractivity contribution in [2.75, 3.05) is 13.2 Å². The molecule has 1 atom stereocenters. The van der Waals surface area contributed by atoms with Crippen LogP contribution in [0.15, 0.2) is 35.1 Å². The minimum Gasteiger partial charge on any atom is -0.492 e. The van der Waals surface area contributed by atoms with E-state index in [0.717, 1.165) is 61.1 Å². The molecular formula is C23H27N3O4. The molecule has 2 aliphatic heterocycles. The average Bonchev–Trinajstić information content (AvgIpc) is 2.79. The van der Waals surface area contributed by atoms with Gasteiger partial charge in [0.1, 0.15) is 12.4 Å². The maximum atomic E-state index is 12.8. The van der Waals surface area contributed by atoms with Gasteiger partial charge in [0.25, 0.3) is 5.56 Å². The molecule has 3 heterocycles. The molecule has 0 saturated heterocycles. The van der Waals surface area contributed by atoms with Gasteiger partial charge in [-0.25, -0.2) is 4.68 Å². The van der Waals surface area contributed by atoms with Crippen LogP contribution in [0.2, 0.25) is 0 Å². The molecule has 1 amide bonds. The lowest BCUT2D eigenvalue weighted by molar-refractivity contribution is -0.127. The quantitative estimate of drug-likeness (QED) is 0.840. The lowest BCUT2D eigenvalue weighted by atomic mass is 9.90. The Balaban J connectivity index is 1.18. The first-order chi connectivity index (χ1) is 14.7. The largest absolute Gasteiger partial charge is 0.492 e. The summed E-state index contributed by atoms with van der Waals surface area (Å²) in [6.45, 7) is 1.56. The summed E-state index contributed by atoms with van der Waals surface area (Å²) in [5.74, 6) is 0.804. The van der Waals surface area contributed by atoms with Gasteiger partial charge in [-0.05, 0) is 43.7 Å². The number of rotatable bonds is 3. The van der Waals surface area contributed by atoms with Gasteiger partial charge in [0, 0.05) is 24.1 Å². The Labute approximate surface area is 175 Å². The van der Waals surface area contributed by atoms with Crippen molar-refractivity contribution in [1.82, 2.24) is 15.1 Å². The van der Waals surface area contributed by atoms with E-state index in [1.807, 2.05) is 24.3 Å². The predicted octanol–water partition coefficient (Wildman–Crippen LogP) is 2.17. The number of nitrogens with one attached hydrogen (secondary N) is 1. The molecule has 158 valence electrons. The summed E-state index contributed by atoms with van der Waals surface area (Å²) < 4.78 is 12.8. The smallest absolute Gasteiger partial charge is 0.267 e. The van der Waals surface area contributed by atoms with Crippen LogP contribution in [-0.2, 0) is 29.0 Å². The molecule has 3 aliphatic rings. The normalized spacial score (nSPS) is 25.5. The van der Waals surface area contributed by atoms with Crippen LogP contribution in [0.5, 0.6) is 5.75 Å². The topological polar surface area (TPSA) is 82.5 Å². The van der Waals surface area contributed by atoms with Crippen LogP contribution in [-0.4, -0.2) is 34.9 Å². The highest BCUT2D eigenvalue weighted by atomic mass is 16.5. The molecule has 2 aromatic rings. The van der Waals surface area contributed by atoms with Gasteiger partial charge < -0.3 is 14.8 Å². The highest BCUT2D eigenvalue weighted by molar-refractivity contribution is 5.80. The second-order valence-electron chi connectivity index (χ2n) is 8.54. The van der Waals surface area contributed by atoms with E-state index in [2.05, 4.69) is 10.4 Å². The number of carbonyl (C=O) groups is 1. The van der Waals surface area contributed by atoms with E-state index in [9.17, 15) is 9.59 Å². The van der Waals surface area contributed by atoms with Gasteiger partial charge in [-0.2, -0.15) is 5.10 Å². The van der Waals surface area contributed by atoms with Crippen molar-refractivity contribution in [3.63, 3.8) is 0 Å². The van der Waals surface area contributed by atoms with Crippen LogP contribution in [0.4, 0.5) is 0 Å². The average molecular weight is 409 g/mol. The molecule has 0 radical (unpaired) electrons. The maximum Gasteiger partial charge on any atom is 0.267 e. The summed E-state index contributed by atoms with van der Waals surface area (Å²) in [5.41, 5.74) is 2.94. The van der Waals surface area contributed by atoms with Crippen molar-refractivity contribution in [3.8, 4) is 5.75 Å². The Kier molecular flexibility index (Phi) is 5.29. The van der Waals surface area contributed by atoms with Crippen LogP contribution in [0.25, 0.3) is 0 Å². The second-order valence-corrected chi connectivity index (χ2v) is 8.54. The summed E-state index contributed by atoms with van der Waals surface area (Å²) in [5, 5.41) is 7.85. The first kappa shape index (κ1) is 19.3. The van der Waals surface area contributed by atoms with Crippen molar-refractivity contribution in [1.29, 1.82) is 0 Å². The molecule has 1 saturated carbocycles. The van der Waals surface area contributed by atoms with Crippen molar-refractivity contribution < 1.29 is 14.3 Å². The van der Waals surface area contributed by atoms with Gasteiger partial charge in [-0.3, -0.25) is 9.59 Å². The number of para-hydroxylation sites is 1. The SMILES string of the molecule is O=C(NC1CCC(n2nc3c(cc2=O)COCC3)CC1)C1COc2ccccc2C1. The third-order valence-corrected chi connectivity index (χ3v) is 6.50. The molecule has 1 fully saturated rings. The van der Waals surface area contributed by atoms with Crippen LogP contribution < -0.4 is 15.6 Å². The molecule has 1 unspecified atom stereocenters. The molecule has 5 rings (SSSR count). The zero-order valence-electron chi connectivity index (χ0n) is 17.0. The van der Waals surface area contributed by atoms with Gasteiger partial charge in [-0.1, -0.05) is 18.2 Å². The van der Waals surface area contributed by atoms with Crippen LogP contribution in [0.1, 0.15) is 48.5 Å². The van der Waals surface area contributed by atoms with E-state index in [4.69, 9.17) is 9.47 Å². The molecule has 30 heavy (non-hydrogen) atoms. The first-order valence-electron chi connectivity index (χ1n) is 10.9. The molecule has 1 N–H and O–H groups in total. The summed E-state index contributed by atoms with van der Waals surface area (Å²) in [6, 6.07) is 9.83. The number of hydrogen-bond donors (Lipinski definition) is 1. The zero-order chi connectivity index (χ0) is 20.5. The fourth-order valence-corrected chi connectivity index (χ4v) is 4.77. The van der Waals surface area contributed by atoms with Gasteiger partial charge in [0.05, 0.1) is 30.9 Å². The summed E-state index contributed by atoms with van der Waals surface area (Å²) in [6.07, 6.45) is 4.88. The number of ether oxygens (including phenoxy) is 2. The molecule has 1 aromatic carbocycles. The number of aromatic nitrogens is 2. The van der Waals surface area contributed by atoms with E-state index in [1.54, 1.807) is 10.7 Å². The van der Waals surface area contributed by atoms with E-state index in [1.165, 1.54) is 0 Å². The number of hydrogen-bond acceptors (Lipinski definition) is 5. The van der Waals surface area contributed by atoms with Gasteiger partial charge in [0.15, 0.2) is 0 Å². The Morgan fingerprint density at radius 2 is 1.97 bits per heavy atom. The molecule has 1 aliphatic carbocycles. The number of carbonyl (C=O) groups excluding carboxylic acids is 1. The monoisotopic (exact) mass is 409 g/mol. The molecule has 0 bridgehead atoms. The van der Waals surface area contributed by atoms with Gasteiger partial charge in [-0.15, -0.1) is 0 Å². The second kappa shape index (κ2) is 8.22. The Hall–Kier alpha value is -2.67. The van der Waals surface area contributed by atoms with Gasteiger partial charge in [0.2, 0.25) is 5.91 Å². The zero-order valence-corrected chi connectivity index (χ0v) is 17.0. The van der Waals surface area contributed by atoms with E-state index in [-0.39, 0.29) is 29.5 Å². The Bertz CT molecular complexity index is 994. The number of benzene rings is 1. The molecule has 7 nitrogen and oxygen atoms in total. The minimum atomic E-state index is -0.148. The third-order valence-electron chi connectivity index (χ3n) is 6.50. The highest BCUT2D eigenvalue weighted by Gasteiger charge is 2.30. The Morgan fingerprint density at radius 1 is 1.13 bits per heavy atom. The Morgan fingerprint density at radius 3 is 2.83 bits per heavy atom. The fraction of sp³-hybridized carbons (Fsp3) is 0.522. The van der Waals surface area contributed by atoms with E-state index < -0.39 is 0 Å². The molecule has 7 heteroatoms. The maximum absolute atomic E-state index is 12.8. The standard InChI is InChI=1S/C23H27N3O4/c27-22-12-16-13-29-10-9-20(16)25-26(22)19-7-5-18(6-8-19)24-23(28)17-11-15-3-1-2-4-21(15)30-14-17/h1-4,12,17-19H,5-11,13-14H2,(H,24,28). The first-order valence-corrected chi connectivity index (χ1v) is 10.9. The summed E-state index contributed by atoms with van der Waals surface area (Å²) >= 11 is 0. The summed E-state index contributed by atoms with van der Waals surface area (Å²) in [7, 11) is 0. The number of nitrogens with zero attached hydrogens (tertiary/aromatic N) is 2. The van der Waals surface area contributed by atoms with Gasteiger partial charge >= 0.3 is 0 Å². The van der Waals surface area contributed by atoms with Crippen molar-refractivity contribution in [2.45, 2.75) is 57.2 Å². The number of fused-ring (bicyclic) bond motifs is 2. The highest BCUT2D eigenvalue weighted by Crippen LogP contribution is 2.29. The molecular weight excluding hydrogens is 382 g/mol. The minimum absolute atomic E-state index is 0.0512. The van der Waals surface area contributed by atoms with Crippen LogP contribution in [0, 0.1) is 5.92 Å². The van der Waals surface area contributed by atoms with Crippen LogP contribution >= 0.6 is 0 Å². The number of amides is 1. The van der Waals surface area contributed by atoms with Crippen molar-refractivity contribution in [3.05, 3.63) is 57.5 Å². The molecule has 0 spiro atoms. The fourth-order valence-electron chi connectivity index (χ4n) is 4.77. The van der Waals surface area contributed by atoms with Crippen molar-refractivity contribution >= 4 is 5.91 Å². The lowest BCUT2D eigenvalue weighted by Crippen LogP contribution is -2.44. The van der Waals surface area contributed by atoms with E-state index >= 15 is 0 Å². The molecule has 1 aromatic heterocycles. The third kappa shape index (κ3) is 3.86. The lowest BCUT2D eigenvalue weighted by Gasteiger charge is -2.32. The van der Waals surface area contributed by atoms with E-state index in [0.29, 0.717) is 19.8 Å². The predicted molar refractivity (Wildman–Crippen MR) is 110 cm³/mol. The van der Waals surface area contributed by atoms with Crippen molar-refractivity contribution in [2.24, 2.45) is 5.92 Å². The summed E-state index contributed by atoms with van der Waals surface area (Å²) in [4.78, 5) is 25.3. The van der Waals surface area contributed by atoms with Crippen LogP contribution in [0.3, 0.4) is 0 Å².